The fourth-order valence-electron chi connectivity index (χ4n) is 4.55. The molecule has 1 aromatic heterocycles. The van der Waals surface area contributed by atoms with Gasteiger partial charge in [0.1, 0.15) is 18.2 Å². The second-order valence-corrected chi connectivity index (χ2v) is 8.40. The Kier molecular flexibility index (Phi) is 5.39. The first-order valence-corrected chi connectivity index (χ1v) is 11.1. The molecule has 0 radical (unpaired) electrons. The lowest BCUT2D eigenvalue weighted by molar-refractivity contribution is -0.117. The molecule has 0 aliphatic carbocycles. The van der Waals surface area contributed by atoms with Crippen LogP contribution < -0.4 is 9.64 Å². The van der Waals surface area contributed by atoms with Crippen molar-refractivity contribution in [2.24, 2.45) is 0 Å². The largest absolute Gasteiger partial charge is 0.492 e. The Hall–Kier alpha value is -3.60. The molecule has 5 rings (SSSR count). The summed E-state index contributed by atoms with van der Waals surface area (Å²) in [4.78, 5) is 19.9. The van der Waals surface area contributed by atoms with Gasteiger partial charge in [-0.2, -0.15) is 0 Å². The van der Waals surface area contributed by atoms with Gasteiger partial charge in [0, 0.05) is 24.6 Å². The first-order chi connectivity index (χ1) is 15.6. The van der Waals surface area contributed by atoms with E-state index in [0.717, 1.165) is 33.9 Å². The molecule has 1 fully saturated rings. The van der Waals surface area contributed by atoms with Crippen molar-refractivity contribution in [3.05, 3.63) is 89.7 Å². The molecule has 32 heavy (non-hydrogen) atoms. The Bertz CT molecular complexity index is 1260. The maximum atomic E-state index is 13.0. The third kappa shape index (κ3) is 3.75. The summed E-state index contributed by atoms with van der Waals surface area (Å²) in [6.07, 6.45) is 0.468. The van der Waals surface area contributed by atoms with Crippen LogP contribution in [-0.4, -0.2) is 28.6 Å². The third-order valence-electron chi connectivity index (χ3n) is 6.37. The van der Waals surface area contributed by atoms with Crippen molar-refractivity contribution in [3.8, 4) is 5.75 Å². The summed E-state index contributed by atoms with van der Waals surface area (Å²) in [7, 11) is 0. The highest BCUT2D eigenvalue weighted by Crippen LogP contribution is 2.35. The van der Waals surface area contributed by atoms with Crippen LogP contribution in [0.3, 0.4) is 0 Å². The molecular weight excluding hydrogens is 398 g/mol. The average Bonchev–Trinajstić information content (AvgIpc) is 3.37. The lowest BCUT2D eigenvalue weighted by atomic mass is 10.1. The maximum Gasteiger partial charge on any atom is 0.227 e. The second kappa shape index (κ2) is 8.50. The lowest BCUT2D eigenvalue weighted by Gasteiger charge is -2.20. The molecule has 1 aliphatic heterocycles. The monoisotopic (exact) mass is 425 g/mol. The molecule has 3 aromatic carbocycles. The average molecular weight is 426 g/mol. The molecule has 162 valence electrons. The van der Waals surface area contributed by atoms with Gasteiger partial charge >= 0.3 is 0 Å². The number of rotatable bonds is 6. The summed E-state index contributed by atoms with van der Waals surface area (Å²) in [5.41, 5.74) is 5.40. The number of aryl methyl sites for hydroxylation is 1. The highest BCUT2D eigenvalue weighted by molar-refractivity contribution is 5.97. The molecule has 1 saturated heterocycles. The summed E-state index contributed by atoms with van der Waals surface area (Å²) in [6, 6.07) is 24.2. The first kappa shape index (κ1) is 20.3. The molecule has 1 amide bonds. The van der Waals surface area contributed by atoms with Gasteiger partial charge in [0.25, 0.3) is 0 Å². The molecule has 1 atom stereocenters. The van der Waals surface area contributed by atoms with E-state index in [9.17, 15) is 4.79 Å². The van der Waals surface area contributed by atoms with E-state index < -0.39 is 0 Å². The van der Waals surface area contributed by atoms with E-state index in [1.807, 2.05) is 65.6 Å². The van der Waals surface area contributed by atoms with Crippen LogP contribution >= 0.6 is 0 Å². The number of hydrogen-bond donors (Lipinski definition) is 0. The van der Waals surface area contributed by atoms with E-state index in [-0.39, 0.29) is 11.8 Å². The number of carbonyl (C=O) groups is 1. The van der Waals surface area contributed by atoms with Crippen LogP contribution in [0.5, 0.6) is 5.75 Å². The molecule has 0 bridgehead atoms. The van der Waals surface area contributed by atoms with E-state index >= 15 is 0 Å². The molecule has 5 heteroatoms. The van der Waals surface area contributed by atoms with Crippen LogP contribution in [-0.2, 0) is 11.3 Å². The van der Waals surface area contributed by atoms with E-state index in [1.54, 1.807) is 0 Å². The number of carbonyl (C=O) groups excluding carboxylic acids is 1. The fourth-order valence-corrected chi connectivity index (χ4v) is 4.55. The first-order valence-electron chi connectivity index (χ1n) is 11.1. The highest BCUT2D eigenvalue weighted by atomic mass is 16.5. The van der Waals surface area contributed by atoms with E-state index in [2.05, 4.69) is 30.5 Å². The summed E-state index contributed by atoms with van der Waals surface area (Å²) in [5.74, 6) is 2.02. The Morgan fingerprint density at radius 1 is 0.969 bits per heavy atom. The predicted molar refractivity (Wildman–Crippen MR) is 127 cm³/mol. The smallest absolute Gasteiger partial charge is 0.227 e. The second-order valence-electron chi connectivity index (χ2n) is 8.40. The molecule has 0 unspecified atom stereocenters. The van der Waals surface area contributed by atoms with Crippen molar-refractivity contribution in [1.29, 1.82) is 0 Å². The van der Waals surface area contributed by atoms with Gasteiger partial charge < -0.3 is 14.2 Å². The Labute approximate surface area is 188 Å². The Morgan fingerprint density at radius 3 is 2.59 bits per heavy atom. The molecule has 0 spiro atoms. The predicted octanol–water partition coefficient (Wildman–Crippen LogP) is 5.25. The number of para-hydroxylation sites is 3. The topological polar surface area (TPSA) is 47.4 Å². The van der Waals surface area contributed by atoms with Gasteiger partial charge in [-0.1, -0.05) is 42.5 Å². The zero-order valence-corrected chi connectivity index (χ0v) is 18.5. The molecular formula is C27H27N3O2. The minimum absolute atomic E-state index is 0.0477. The van der Waals surface area contributed by atoms with E-state index in [4.69, 9.17) is 9.72 Å². The van der Waals surface area contributed by atoms with Gasteiger partial charge in [-0.3, -0.25) is 4.79 Å². The SMILES string of the molecule is Cc1cccc(N2C[C@H](c3nc4ccccc4n3CCOc3ccccc3)CC2=O)c1C. The van der Waals surface area contributed by atoms with Gasteiger partial charge in [-0.15, -0.1) is 0 Å². The minimum Gasteiger partial charge on any atom is -0.492 e. The fraction of sp³-hybridized carbons (Fsp3) is 0.259. The summed E-state index contributed by atoms with van der Waals surface area (Å²) in [5, 5.41) is 0. The Morgan fingerprint density at radius 2 is 1.75 bits per heavy atom. The van der Waals surface area contributed by atoms with Crippen LogP contribution in [0.25, 0.3) is 11.0 Å². The standard InChI is InChI=1S/C27H27N3O2/c1-19-9-8-14-24(20(19)2)30-18-21(17-26(30)31)27-28-23-12-6-7-13-25(23)29(27)15-16-32-22-10-4-3-5-11-22/h3-14,21H,15-18H2,1-2H3/t21-/m1/s1. The summed E-state index contributed by atoms with van der Waals surface area (Å²) >= 11 is 0. The van der Waals surface area contributed by atoms with Crippen LogP contribution in [0.15, 0.2) is 72.8 Å². The van der Waals surface area contributed by atoms with Crippen LogP contribution in [0.4, 0.5) is 5.69 Å². The van der Waals surface area contributed by atoms with Crippen LogP contribution in [0, 0.1) is 13.8 Å². The van der Waals surface area contributed by atoms with Crippen LogP contribution in [0.2, 0.25) is 0 Å². The molecule has 5 nitrogen and oxygen atoms in total. The van der Waals surface area contributed by atoms with E-state index in [0.29, 0.717) is 26.1 Å². The normalized spacial score (nSPS) is 16.1. The van der Waals surface area contributed by atoms with E-state index in [1.165, 1.54) is 5.56 Å². The quantitative estimate of drug-likeness (QED) is 0.424. The number of hydrogen-bond acceptors (Lipinski definition) is 3. The number of benzene rings is 3. The zero-order chi connectivity index (χ0) is 22.1. The number of amides is 1. The lowest BCUT2D eigenvalue weighted by Crippen LogP contribution is -2.25. The highest BCUT2D eigenvalue weighted by Gasteiger charge is 2.35. The zero-order valence-electron chi connectivity index (χ0n) is 18.5. The van der Waals surface area contributed by atoms with Gasteiger partial charge in [-0.05, 0) is 55.3 Å². The number of ether oxygens (including phenoxy) is 1. The number of anilines is 1. The van der Waals surface area contributed by atoms with Gasteiger partial charge in [0.2, 0.25) is 5.91 Å². The van der Waals surface area contributed by atoms with Crippen molar-refractivity contribution < 1.29 is 9.53 Å². The Balaban J connectivity index is 1.43. The van der Waals surface area contributed by atoms with Crippen LogP contribution in [0.1, 0.15) is 29.3 Å². The van der Waals surface area contributed by atoms with Crippen molar-refractivity contribution >= 4 is 22.6 Å². The molecule has 4 aromatic rings. The maximum absolute atomic E-state index is 13.0. The molecule has 1 aliphatic rings. The van der Waals surface area contributed by atoms with Crippen molar-refractivity contribution in [1.82, 2.24) is 9.55 Å². The number of nitrogens with zero attached hydrogens (tertiary/aromatic N) is 3. The van der Waals surface area contributed by atoms with Gasteiger partial charge in [-0.25, -0.2) is 4.98 Å². The van der Waals surface area contributed by atoms with Crippen molar-refractivity contribution in [2.75, 3.05) is 18.1 Å². The van der Waals surface area contributed by atoms with Crippen molar-refractivity contribution in [2.45, 2.75) is 32.7 Å². The summed E-state index contributed by atoms with van der Waals surface area (Å²) < 4.78 is 8.19. The molecule has 0 N–H and O–H groups in total. The number of imidazole rings is 1. The number of aromatic nitrogens is 2. The molecule has 2 heterocycles. The minimum atomic E-state index is 0.0477. The van der Waals surface area contributed by atoms with Gasteiger partial charge in [0.15, 0.2) is 0 Å². The third-order valence-corrected chi connectivity index (χ3v) is 6.37. The molecule has 0 saturated carbocycles. The number of fused-ring (bicyclic) bond motifs is 1. The van der Waals surface area contributed by atoms with Gasteiger partial charge in [0.05, 0.1) is 17.6 Å². The summed E-state index contributed by atoms with van der Waals surface area (Å²) in [6.45, 7) is 6.04. The van der Waals surface area contributed by atoms with Crippen molar-refractivity contribution in [3.63, 3.8) is 0 Å².